The number of benzene rings is 1. The first-order chi connectivity index (χ1) is 7.00. The average Bonchev–Trinajstić information content (AvgIpc) is 2.15. The fourth-order valence-corrected chi connectivity index (χ4v) is 1.39. The summed E-state index contributed by atoms with van der Waals surface area (Å²) >= 11 is 6.02. The molecule has 0 spiro atoms. The van der Waals surface area contributed by atoms with Crippen LogP contribution in [0.2, 0.25) is 5.02 Å². The van der Waals surface area contributed by atoms with Crippen LogP contribution in [0.1, 0.15) is 32.4 Å². The van der Waals surface area contributed by atoms with Crippen molar-refractivity contribution in [3.05, 3.63) is 28.8 Å². The zero-order chi connectivity index (χ0) is 11.4. The standard InChI is InChI=1S/C12H17ClO2/c1-8(2)7-15-12-5-4-10(9(3)14)6-11(12)13/h4-6,8-9,14H,7H2,1-3H3/t9-/m0/s1. The second kappa shape index (κ2) is 5.38. The Morgan fingerprint density at radius 3 is 2.47 bits per heavy atom. The minimum atomic E-state index is -0.498. The molecule has 1 aromatic carbocycles. The lowest BCUT2D eigenvalue weighted by atomic mass is 10.1. The first kappa shape index (κ1) is 12.3. The molecule has 0 saturated carbocycles. The molecule has 0 aliphatic rings. The maximum Gasteiger partial charge on any atom is 0.137 e. The van der Waals surface area contributed by atoms with Crippen molar-refractivity contribution in [2.45, 2.75) is 26.9 Å². The molecule has 0 aliphatic carbocycles. The Morgan fingerprint density at radius 1 is 1.33 bits per heavy atom. The van der Waals surface area contributed by atoms with Crippen molar-refractivity contribution in [2.75, 3.05) is 6.61 Å². The molecule has 0 aliphatic heterocycles. The Bertz CT molecular complexity index is 321. The summed E-state index contributed by atoms with van der Waals surface area (Å²) in [4.78, 5) is 0. The minimum Gasteiger partial charge on any atom is -0.492 e. The molecule has 0 amide bonds. The molecule has 0 saturated heterocycles. The van der Waals surface area contributed by atoms with Gasteiger partial charge in [0.25, 0.3) is 0 Å². The van der Waals surface area contributed by atoms with Gasteiger partial charge in [-0.3, -0.25) is 0 Å². The number of aliphatic hydroxyl groups is 1. The highest BCUT2D eigenvalue weighted by atomic mass is 35.5. The maximum absolute atomic E-state index is 9.36. The molecule has 84 valence electrons. The largest absolute Gasteiger partial charge is 0.492 e. The van der Waals surface area contributed by atoms with Crippen molar-refractivity contribution >= 4 is 11.6 Å². The molecule has 1 aromatic rings. The zero-order valence-electron chi connectivity index (χ0n) is 9.33. The minimum absolute atomic E-state index is 0.470. The summed E-state index contributed by atoms with van der Waals surface area (Å²) in [5, 5.41) is 9.91. The molecule has 15 heavy (non-hydrogen) atoms. The van der Waals surface area contributed by atoms with Gasteiger partial charge >= 0.3 is 0 Å². The Hall–Kier alpha value is -0.730. The third-order valence-corrected chi connectivity index (χ3v) is 2.31. The highest BCUT2D eigenvalue weighted by molar-refractivity contribution is 6.32. The van der Waals surface area contributed by atoms with E-state index in [2.05, 4.69) is 13.8 Å². The maximum atomic E-state index is 9.36. The van der Waals surface area contributed by atoms with Crippen LogP contribution in [0.3, 0.4) is 0 Å². The second-order valence-corrected chi connectivity index (χ2v) is 4.48. The van der Waals surface area contributed by atoms with Gasteiger partial charge in [0.1, 0.15) is 5.75 Å². The van der Waals surface area contributed by atoms with Gasteiger partial charge in [0.05, 0.1) is 17.7 Å². The van der Waals surface area contributed by atoms with Gasteiger partial charge in [-0.2, -0.15) is 0 Å². The van der Waals surface area contributed by atoms with E-state index in [1.807, 2.05) is 6.07 Å². The smallest absolute Gasteiger partial charge is 0.137 e. The van der Waals surface area contributed by atoms with Crippen molar-refractivity contribution in [2.24, 2.45) is 5.92 Å². The van der Waals surface area contributed by atoms with Gasteiger partial charge in [-0.1, -0.05) is 31.5 Å². The molecule has 2 nitrogen and oxygen atoms in total. The van der Waals surface area contributed by atoms with E-state index in [1.54, 1.807) is 19.1 Å². The highest BCUT2D eigenvalue weighted by Crippen LogP contribution is 2.28. The van der Waals surface area contributed by atoms with Gasteiger partial charge in [0.15, 0.2) is 0 Å². The van der Waals surface area contributed by atoms with Crippen LogP contribution < -0.4 is 4.74 Å². The fraction of sp³-hybridized carbons (Fsp3) is 0.500. The molecule has 3 heteroatoms. The van der Waals surface area contributed by atoms with E-state index < -0.39 is 6.10 Å². The van der Waals surface area contributed by atoms with Crippen molar-refractivity contribution in [1.82, 2.24) is 0 Å². The average molecular weight is 229 g/mol. The number of rotatable bonds is 4. The van der Waals surface area contributed by atoms with Crippen molar-refractivity contribution in [3.63, 3.8) is 0 Å². The monoisotopic (exact) mass is 228 g/mol. The lowest BCUT2D eigenvalue weighted by Gasteiger charge is -2.12. The Labute approximate surface area is 95.8 Å². The van der Waals surface area contributed by atoms with Crippen LogP contribution in [0.5, 0.6) is 5.75 Å². The quantitative estimate of drug-likeness (QED) is 0.856. The summed E-state index contributed by atoms with van der Waals surface area (Å²) in [6.45, 7) is 6.52. The molecule has 1 rings (SSSR count). The number of halogens is 1. The Kier molecular flexibility index (Phi) is 4.43. The summed E-state index contributed by atoms with van der Waals surface area (Å²) in [5.74, 6) is 1.15. The van der Waals surface area contributed by atoms with E-state index in [9.17, 15) is 5.11 Å². The van der Waals surface area contributed by atoms with Crippen molar-refractivity contribution in [1.29, 1.82) is 0 Å². The summed E-state index contributed by atoms with van der Waals surface area (Å²) in [6, 6.07) is 5.36. The summed E-state index contributed by atoms with van der Waals surface area (Å²) in [5.41, 5.74) is 0.803. The Morgan fingerprint density at radius 2 is 2.00 bits per heavy atom. The van der Waals surface area contributed by atoms with Gasteiger partial charge in [0.2, 0.25) is 0 Å². The van der Waals surface area contributed by atoms with Crippen LogP contribution in [0.15, 0.2) is 18.2 Å². The van der Waals surface area contributed by atoms with Crippen LogP contribution in [-0.4, -0.2) is 11.7 Å². The lowest BCUT2D eigenvalue weighted by molar-refractivity contribution is 0.199. The Balaban J connectivity index is 2.75. The predicted molar refractivity (Wildman–Crippen MR) is 62.4 cm³/mol. The SMILES string of the molecule is CC(C)COc1ccc([C@H](C)O)cc1Cl. The molecular formula is C12H17ClO2. The molecule has 1 N–H and O–H groups in total. The molecule has 0 aromatic heterocycles. The molecule has 0 heterocycles. The highest BCUT2D eigenvalue weighted by Gasteiger charge is 2.06. The number of hydrogen-bond acceptors (Lipinski definition) is 2. The fourth-order valence-electron chi connectivity index (χ4n) is 1.15. The molecule has 0 fully saturated rings. The van der Waals surface area contributed by atoms with Gasteiger partial charge in [-0.25, -0.2) is 0 Å². The molecule has 0 bridgehead atoms. The third kappa shape index (κ3) is 3.73. The summed E-state index contributed by atoms with van der Waals surface area (Å²) in [7, 11) is 0. The topological polar surface area (TPSA) is 29.5 Å². The summed E-state index contributed by atoms with van der Waals surface area (Å²) in [6.07, 6.45) is -0.498. The van der Waals surface area contributed by atoms with Gasteiger partial charge in [0, 0.05) is 0 Å². The van der Waals surface area contributed by atoms with Gasteiger partial charge in [-0.05, 0) is 30.5 Å². The normalized spacial score (nSPS) is 12.9. The van der Waals surface area contributed by atoms with E-state index in [1.165, 1.54) is 0 Å². The molecule has 0 unspecified atom stereocenters. The molecule has 0 radical (unpaired) electrons. The zero-order valence-corrected chi connectivity index (χ0v) is 10.1. The summed E-state index contributed by atoms with van der Waals surface area (Å²) < 4.78 is 5.52. The first-order valence-electron chi connectivity index (χ1n) is 5.11. The van der Waals surface area contributed by atoms with Gasteiger partial charge < -0.3 is 9.84 Å². The van der Waals surface area contributed by atoms with Crippen LogP contribution >= 0.6 is 11.6 Å². The van der Waals surface area contributed by atoms with E-state index in [0.29, 0.717) is 23.3 Å². The van der Waals surface area contributed by atoms with Crippen molar-refractivity contribution in [3.8, 4) is 5.75 Å². The van der Waals surface area contributed by atoms with Crippen LogP contribution in [0.4, 0.5) is 0 Å². The van der Waals surface area contributed by atoms with Crippen LogP contribution in [0, 0.1) is 5.92 Å². The van der Waals surface area contributed by atoms with Crippen LogP contribution in [0.25, 0.3) is 0 Å². The third-order valence-electron chi connectivity index (χ3n) is 2.01. The number of hydrogen-bond donors (Lipinski definition) is 1. The van der Waals surface area contributed by atoms with Gasteiger partial charge in [-0.15, -0.1) is 0 Å². The lowest BCUT2D eigenvalue weighted by Crippen LogP contribution is -2.05. The first-order valence-corrected chi connectivity index (χ1v) is 5.48. The number of aliphatic hydroxyl groups excluding tert-OH is 1. The van der Waals surface area contributed by atoms with E-state index >= 15 is 0 Å². The predicted octanol–water partition coefficient (Wildman–Crippen LogP) is 3.43. The van der Waals surface area contributed by atoms with E-state index in [4.69, 9.17) is 16.3 Å². The van der Waals surface area contributed by atoms with Crippen LogP contribution in [-0.2, 0) is 0 Å². The van der Waals surface area contributed by atoms with E-state index in [-0.39, 0.29) is 0 Å². The molecular weight excluding hydrogens is 212 g/mol. The second-order valence-electron chi connectivity index (χ2n) is 4.07. The van der Waals surface area contributed by atoms with E-state index in [0.717, 1.165) is 5.56 Å². The van der Waals surface area contributed by atoms with Crippen molar-refractivity contribution < 1.29 is 9.84 Å². The number of ether oxygens (including phenoxy) is 1. The molecule has 1 atom stereocenters.